The van der Waals surface area contributed by atoms with E-state index in [4.69, 9.17) is 21.1 Å². The lowest BCUT2D eigenvalue weighted by atomic mass is 10.3. The second-order valence-electron chi connectivity index (χ2n) is 6.11. The van der Waals surface area contributed by atoms with E-state index >= 15 is 0 Å². The Hall–Kier alpha value is -0.730. The van der Waals surface area contributed by atoms with Crippen LogP contribution in [0.25, 0.3) is 0 Å². The predicted octanol–water partition coefficient (Wildman–Crippen LogP) is 3.71. The molecule has 1 atom stereocenters. The molecule has 25 heavy (non-hydrogen) atoms. The van der Waals surface area contributed by atoms with Gasteiger partial charge in [0.1, 0.15) is 11.9 Å². The number of nitrogens with zero attached hydrogens (tertiary/aromatic N) is 1. The summed E-state index contributed by atoms with van der Waals surface area (Å²) in [5.74, 6) is 2.29. The first kappa shape index (κ1) is 22.3. The fourth-order valence-corrected chi connectivity index (χ4v) is 2.36. The van der Waals surface area contributed by atoms with Crippen LogP contribution in [0.3, 0.4) is 0 Å². The highest BCUT2D eigenvalue weighted by Crippen LogP contribution is 2.28. The highest BCUT2D eigenvalue weighted by molar-refractivity contribution is 14.0. The van der Waals surface area contributed by atoms with Crippen LogP contribution in [0.5, 0.6) is 5.75 Å². The molecular formula is C18H29ClIN3O2. The third-order valence-corrected chi connectivity index (χ3v) is 4.07. The summed E-state index contributed by atoms with van der Waals surface area (Å²) in [6.45, 7) is 5.19. The van der Waals surface area contributed by atoms with E-state index in [1.807, 2.05) is 31.2 Å². The molecule has 1 saturated carbocycles. The number of hydrogen-bond acceptors (Lipinski definition) is 3. The minimum Gasteiger partial charge on any atom is -0.487 e. The maximum absolute atomic E-state index is 6.10. The molecule has 1 fully saturated rings. The number of hydrogen-bond donors (Lipinski definition) is 2. The zero-order chi connectivity index (χ0) is 17.2. The molecule has 0 aromatic heterocycles. The molecule has 1 aromatic rings. The van der Waals surface area contributed by atoms with E-state index in [1.54, 1.807) is 7.05 Å². The number of ether oxygens (including phenoxy) is 2. The monoisotopic (exact) mass is 481 g/mol. The van der Waals surface area contributed by atoms with E-state index in [0.717, 1.165) is 38.1 Å². The highest BCUT2D eigenvalue weighted by Gasteiger charge is 2.20. The summed E-state index contributed by atoms with van der Waals surface area (Å²) in [5, 5.41) is 7.16. The lowest BCUT2D eigenvalue weighted by Gasteiger charge is -2.18. The first-order valence-corrected chi connectivity index (χ1v) is 9.00. The Balaban J connectivity index is 0.00000312. The van der Waals surface area contributed by atoms with Gasteiger partial charge in [-0.1, -0.05) is 23.7 Å². The molecule has 2 rings (SSSR count). The molecule has 0 amide bonds. The smallest absolute Gasteiger partial charge is 0.191 e. The van der Waals surface area contributed by atoms with Crippen molar-refractivity contribution in [2.45, 2.75) is 32.3 Å². The van der Waals surface area contributed by atoms with Crippen molar-refractivity contribution in [3.8, 4) is 5.75 Å². The fraction of sp³-hybridized carbons (Fsp3) is 0.611. The Labute approximate surface area is 172 Å². The maximum atomic E-state index is 6.10. The van der Waals surface area contributed by atoms with Gasteiger partial charge in [0, 0.05) is 26.8 Å². The van der Waals surface area contributed by atoms with Gasteiger partial charge in [-0.2, -0.15) is 0 Å². The molecule has 0 heterocycles. The van der Waals surface area contributed by atoms with Crippen LogP contribution in [0.2, 0.25) is 5.02 Å². The fourth-order valence-electron chi connectivity index (χ4n) is 2.18. The molecule has 0 radical (unpaired) electrons. The van der Waals surface area contributed by atoms with Crippen molar-refractivity contribution in [1.82, 2.24) is 10.6 Å². The summed E-state index contributed by atoms with van der Waals surface area (Å²) < 4.78 is 11.4. The van der Waals surface area contributed by atoms with Crippen molar-refractivity contribution in [3.63, 3.8) is 0 Å². The van der Waals surface area contributed by atoms with Crippen LogP contribution in [0.1, 0.15) is 26.2 Å². The number of para-hydroxylation sites is 1. The summed E-state index contributed by atoms with van der Waals surface area (Å²) in [6, 6.07) is 7.49. The first-order chi connectivity index (χ1) is 11.7. The van der Waals surface area contributed by atoms with Crippen LogP contribution in [0, 0.1) is 5.92 Å². The molecule has 1 unspecified atom stereocenters. The van der Waals surface area contributed by atoms with E-state index in [2.05, 4.69) is 15.6 Å². The molecular weight excluding hydrogens is 453 g/mol. The third-order valence-electron chi connectivity index (χ3n) is 3.75. The van der Waals surface area contributed by atoms with Gasteiger partial charge in [0.05, 0.1) is 11.6 Å². The molecule has 5 nitrogen and oxygen atoms in total. The number of benzene rings is 1. The Morgan fingerprint density at radius 2 is 2.08 bits per heavy atom. The Kier molecular flexibility index (Phi) is 11.2. The Morgan fingerprint density at radius 3 is 2.76 bits per heavy atom. The average molecular weight is 482 g/mol. The predicted molar refractivity (Wildman–Crippen MR) is 114 cm³/mol. The standard InChI is InChI=1S/C18H28ClN3O2.HI/c1-14(24-17-7-4-3-6-16(17)19)12-22-18(20-2)21-10-5-11-23-13-15-8-9-15;/h3-4,6-7,14-15H,5,8-13H2,1-2H3,(H2,20,21,22);1H. The third kappa shape index (κ3) is 9.51. The largest absolute Gasteiger partial charge is 0.487 e. The molecule has 0 spiro atoms. The molecule has 0 bridgehead atoms. The van der Waals surface area contributed by atoms with Crippen LogP contribution in [0.4, 0.5) is 0 Å². The highest BCUT2D eigenvalue weighted by atomic mass is 127. The molecule has 7 heteroatoms. The van der Waals surface area contributed by atoms with Crippen molar-refractivity contribution < 1.29 is 9.47 Å². The number of nitrogens with one attached hydrogen (secondary N) is 2. The number of aliphatic imine (C=N–C) groups is 1. The van der Waals surface area contributed by atoms with Crippen LogP contribution < -0.4 is 15.4 Å². The van der Waals surface area contributed by atoms with Gasteiger partial charge in [0.25, 0.3) is 0 Å². The van der Waals surface area contributed by atoms with Crippen LogP contribution in [0.15, 0.2) is 29.3 Å². The van der Waals surface area contributed by atoms with E-state index in [9.17, 15) is 0 Å². The maximum Gasteiger partial charge on any atom is 0.191 e. The van der Waals surface area contributed by atoms with Gasteiger partial charge in [-0.15, -0.1) is 24.0 Å². The van der Waals surface area contributed by atoms with Gasteiger partial charge in [-0.3, -0.25) is 4.99 Å². The normalized spacial score (nSPS) is 15.2. The average Bonchev–Trinajstić information content (AvgIpc) is 3.40. The lowest BCUT2D eigenvalue weighted by molar-refractivity contribution is 0.123. The lowest BCUT2D eigenvalue weighted by Crippen LogP contribution is -2.42. The quantitative estimate of drug-likeness (QED) is 0.232. The summed E-state index contributed by atoms with van der Waals surface area (Å²) in [6.07, 6.45) is 3.62. The Morgan fingerprint density at radius 1 is 1.32 bits per heavy atom. The topological polar surface area (TPSA) is 54.9 Å². The minimum absolute atomic E-state index is 0. The second-order valence-corrected chi connectivity index (χ2v) is 6.52. The van der Waals surface area contributed by atoms with Crippen molar-refractivity contribution >= 4 is 41.5 Å². The number of rotatable bonds is 10. The minimum atomic E-state index is -0.0228. The van der Waals surface area contributed by atoms with Gasteiger partial charge in [-0.25, -0.2) is 0 Å². The van der Waals surface area contributed by atoms with Crippen LogP contribution in [-0.2, 0) is 4.74 Å². The van der Waals surface area contributed by atoms with Crippen LogP contribution in [-0.4, -0.2) is 45.4 Å². The number of guanidine groups is 1. The molecule has 1 aromatic carbocycles. The van der Waals surface area contributed by atoms with E-state index in [1.165, 1.54) is 12.8 Å². The molecule has 2 N–H and O–H groups in total. The molecule has 1 aliphatic rings. The summed E-state index contributed by atoms with van der Waals surface area (Å²) >= 11 is 6.10. The number of halogens is 2. The second kappa shape index (κ2) is 12.6. The Bertz CT molecular complexity index is 527. The van der Waals surface area contributed by atoms with Gasteiger partial charge in [-0.05, 0) is 44.2 Å². The van der Waals surface area contributed by atoms with Gasteiger partial charge in [0.2, 0.25) is 0 Å². The van der Waals surface area contributed by atoms with Gasteiger partial charge >= 0.3 is 0 Å². The van der Waals surface area contributed by atoms with Crippen molar-refractivity contribution in [1.29, 1.82) is 0 Å². The zero-order valence-electron chi connectivity index (χ0n) is 15.0. The van der Waals surface area contributed by atoms with Crippen LogP contribution >= 0.6 is 35.6 Å². The first-order valence-electron chi connectivity index (χ1n) is 8.62. The molecule has 0 saturated heterocycles. The van der Waals surface area contributed by atoms with Crippen molar-refractivity contribution in [3.05, 3.63) is 29.3 Å². The molecule has 142 valence electrons. The van der Waals surface area contributed by atoms with Crippen molar-refractivity contribution in [2.75, 3.05) is 33.4 Å². The summed E-state index contributed by atoms with van der Waals surface area (Å²) in [4.78, 5) is 4.21. The van der Waals surface area contributed by atoms with E-state index in [0.29, 0.717) is 17.3 Å². The molecule has 1 aliphatic carbocycles. The van der Waals surface area contributed by atoms with Gasteiger partial charge in [0.15, 0.2) is 5.96 Å². The zero-order valence-corrected chi connectivity index (χ0v) is 18.1. The summed E-state index contributed by atoms with van der Waals surface area (Å²) in [7, 11) is 1.76. The van der Waals surface area contributed by atoms with Crippen molar-refractivity contribution in [2.24, 2.45) is 10.9 Å². The molecule has 0 aliphatic heterocycles. The van der Waals surface area contributed by atoms with E-state index < -0.39 is 0 Å². The summed E-state index contributed by atoms with van der Waals surface area (Å²) in [5.41, 5.74) is 0. The van der Waals surface area contributed by atoms with E-state index in [-0.39, 0.29) is 30.1 Å². The van der Waals surface area contributed by atoms with Gasteiger partial charge < -0.3 is 20.1 Å². The SMILES string of the molecule is CN=C(NCCCOCC1CC1)NCC(C)Oc1ccccc1Cl.I.